The van der Waals surface area contributed by atoms with E-state index in [1.807, 2.05) is 0 Å². The second kappa shape index (κ2) is 7.37. The predicted molar refractivity (Wildman–Crippen MR) is 120 cm³/mol. The minimum Gasteiger partial charge on any atom is -0.494 e. The van der Waals surface area contributed by atoms with Gasteiger partial charge in [-0.15, -0.1) is 0 Å². The van der Waals surface area contributed by atoms with E-state index in [1.54, 1.807) is 5.57 Å². The number of aliphatic hydroxyl groups excluding tert-OH is 2. The van der Waals surface area contributed by atoms with Gasteiger partial charge in [-0.3, -0.25) is 0 Å². The van der Waals surface area contributed by atoms with Crippen LogP contribution in [0.5, 0.6) is 0 Å². The quantitative estimate of drug-likeness (QED) is 0.587. The van der Waals surface area contributed by atoms with E-state index >= 15 is 0 Å². The molecular weight excluding hydrogens is 372 g/mol. The minimum absolute atomic E-state index is 0.117. The van der Waals surface area contributed by atoms with Crippen LogP contribution in [-0.2, 0) is 4.74 Å². The first kappa shape index (κ1) is 21.1. The van der Waals surface area contributed by atoms with Gasteiger partial charge in [0, 0.05) is 18.9 Å². The van der Waals surface area contributed by atoms with Gasteiger partial charge in [0.2, 0.25) is 0 Å². The first-order valence-electron chi connectivity index (χ1n) is 12.6. The molecular formula is C27H42O3. The molecule has 0 unspecified atom stereocenters. The molecule has 3 fully saturated rings. The van der Waals surface area contributed by atoms with Crippen molar-refractivity contribution in [2.24, 2.45) is 40.4 Å². The molecule has 1 aliphatic heterocycles. The molecule has 0 aromatic carbocycles. The Bertz CT molecular complexity index is 753. The zero-order valence-electron chi connectivity index (χ0n) is 19.5. The van der Waals surface area contributed by atoms with Crippen LogP contribution >= 0.6 is 0 Å². The molecule has 4 aliphatic carbocycles. The topological polar surface area (TPSA) is 49.7 Å². The van der Waals surface area contributed by atoms with Crippen LogP contribution in [0.2, 0.25) is 0 Å². The summed E-state index contributed by atoms with van der Waals surface area (Å²) in [4.78, 5) is 0. The molecule has 0 spiro atoms. The molecule has 0 aromatic rings. The Hall–Kier alpha value is -0.800. The second-order valence-corrected chi connectivity index (χ2v) is 12.0. The number of aliphatic hydroxyl groups is 2. The van der Waals surface area contributed by atoms with Gasteiger partial charge in [0.05, 0.1) is 11.9 Å². The first-order valence-corrected chi connectivity index (χ1v) is 12.6. The molecule has 0 bridgehead atoms. The van der Waals surface area contributed by atoms with Crippen molar-refractivity contribution in [3.63, 3.8) is 0 Å². The third-order valence-corrected chi connectivity index (χ3v) is 10.5. The van der Waals surface area contributed by atoms with Crippen molar-refractivity contribution >= 4 is 0 Å². The average molecular weight is 415 g/mol. The smallest absolute Gasteiger partial charge is 0.106 e. The zero-order valence-corrected chi connectivity index (χ0v) is 19.5. The van der Waals surface area contributed by atoms with Crippen molar-refractivity contribution in [1.29, 1.82) is 0 Å². The van der Waals surface area contributed by atoms with Crippen LogP contribution in [0.1, 0.15) is 85.5 Å². The summed E-state index contributed by atoms with van der Waals surface area (Å²) in [6, 6.07) is 0. The Labute approximate surface area is 183 Å². The lowest BCUT2D eigenvalue weighted by Crippen LogP contribution is -2.50. The molecule has 2 N–H and O–H groups in total. The first-order chi connectivity index (χ1) is 14.3. The van der Waals surface area contributed by atoms with Crippen molar-refractivity contribution in [1.82, 2.24) is 0 Å². The molecule has 0 aromatic heterocycles. The van der Waals surface area contributed by atoms with Gasteiger partial charge >= 0.3 is 0 Å². The monoisotopic (exact) mass is 414 g/mol. The summed E-state index contributed by atoms with van der Waals surface area (Å²) in [5.74, 6) is 4.52. The maximum absolute atomic E-state index is 10.2. The molecule has 5 aliphatic rings. The highest BCUT2D eigenvalue weighted by Crippen LogP contribution is 2.68. The fraction of sp³-hybridized carbons (Fsp3) is 0.852. The number of allylic oxidation sites excluding steroid dienone is 2. The average Bonchev–Trinajstić information content (AvgIpc) is 3.20. The summed E-state index contributed by atoms with van der Waals surface area (Å²) in [5.41, 5.74) is 3.78. The van der Waals surface area contributed by atoms with Crippen molar-refractivity contribution in [2.45, 2.75) is 97.7 Å². The van der Waals surface area contributed by atoms with E-state index in [9.17, 15) is 10.2 Å². The van der Waals surface area contributed by atoms with E-state index in [2.05, 4.69) is 33.8 Å². The number of hydrogen-bond donors (Lipinski definition) is 2. The van der Waals surface area contributed by atoms with E-state index in [0.717, 1.165) is 43.4 Å². The lowest BCUT2D eigenvalue weighted by molar-refractivity contribution is -0.0454. The third kappa shape index (κ3) is 2.98. The van der Waals surface area contributed by atoms with Gasteiger partial charge < -0.3 is 14.9 Å². The van der Waals surface area contributed by atoms with Crippen LogP contribution in [0.25, 0.3) is 0 Å². The van der Waals surface area contributed by atoms with Crippen LogP contribution in [-0.4, -0.2) is 29.0 Å². The summed E-state index contributed by atoms with van der Waals surface area (Å²) >= 11 is 0. The molecule has 3 nitrogen and oxygen atoms in total. The second-order valence-electron chi connectivity index (χ2n) is 12.0. The number of ether oxygens (including phenoxy) is 1. The number of rotatable bonds is 4. The molecule has 3 saturated carbocycles. The normalized spacial score (nSPS) is 48.3. The van der Waals surface area contributed by atoms with Gasteiger partial charge in [-0.25, -0.2) is 0 Å². The number of hydrogen-bond acceptors (Lipinski definition) is 3. The maximum atomic E-state index is 10.2. The van der Waals surface area contributed by atoms with Crippen LogP contribution in [0.15, 0.2) is 23.0 Å². The Balaban J connectivity index is 1.38. The lowest BCUT2D eigenvalue weighted by atomic mass is 9.47. The van der Waals surface area contributed by atoms with Crippen LogP contribution in [0, 0.1) is 40.4 Å². The fourth-order valence-electron chi connectivity index (χ4n) is 8.69. The van der Waals surface area contributed by atoms with Crippen molar-refractivity contribution in [2.75, 3.05) is 6.61 Å². The summed E-state index contributed by atoms with van der Waals surface area (Å²) in [6.07, 6.45) is 13.0. The summed E-state index contributed by atoms with van der Waals surface area (Å²) < 4.78 is 6.62. The van der Waals surface area contributed by atoms with E-state index in [1.165, 1.54) is 43.4 Å². The maximum Gasteiger partial charge on any atom is 0.106 e. The van der Waals surface area contributed by atoms with E-state index < -0.39 is 0 Å². The Morgan fingerprint density at radius 2 is 2.00 bits per heavy atom. The highest BCUT2D eigenvalue weighted by Gasteiger charge is 2.63. The van der Waals surface area contributed by atoms with Gasteiger partial charge in [0.15, 0.2) is 0 Å². The Morgan fingerprint density at radius 3 is 2.77 bits per heavy atom. The highest BCUT2D eigenvalue weighted by molar-refractivity contribution is 5.30. The molecule has 0 saturated heterocycles. The number of fused-ring (bicyclic) bond motifs is 7. The van der Waals surface area contributed by atoms with Crippen LogP contribution < -0.4 is 0 Å². The molecule has 0 amide bonds. The molecule has 0 radical (unpaired) electrons. The van der Waals surface area contributed by atoms with Gasteiger partial charge in [0.25, 0.3) is 0 Å². The molecule has 9 atom stereocenters. The Kier molecular flexibility index (Phi) is 5.18. The largest absolute Gasteiger partial charge is 0.494 e. The standard InChI is InChI=1S/C27H42O3/c1-16(15-28)5-8-23-17(2)25-24(30-23)14-22-20-7-6-18-13-19(29)9-11-26(18,3)21(20)10-12-27(22,25)4/h6,16,19-22,24-25,28-29H,5,7-15H2,1-4H3/t16-,19+,20-,21+,22+,24+,25+,26+,27+/m1/s1. The lowest BCUT2D eigenvalue weighted by Gasteiger charge is -2.57. The van der Waals surface area contributed by atoms with Crippen molar-refractivity contribution in [3.8, 4) is 0 Å². The summed E-state index contributed by atoms with van der Waals surface area (Å²) in [5, 5.41) is 19.6. The fourth-order valence-corrected chi connectivity index (χ4v) is 8.69. The van der Waals surface area contributed by atoms with Crippen LogP contribution in [0.4, 0.5) is 0 Å². The van der Waals surface area contributed by atoms with Gasteiger partial charge in [-0.2, -0.15) is 0 Å². The molecule has 3 heteroatoms. The Morgan fingerprint density at radius 1 is 1.20 bits per heavy atom. The van der Waals surface area contributed by atoms with Gasteiger partial charge in [-0.05, 0) is 98.4 Å². The zero-order chi connectivity index (χ0) is 21.3. The van der Waals surface area contributed by atoms with Crippen LogP contribution in [0.3, 0.4) is 0 Å². The van der Waals surface area contributed by atoms with Crippen molar-refractivity contribution < 1.29 is 14.9 Å². The summed E-state index contributed by atoms with van der Waals surface area (Å²) in [7, 11) is 0. The summed E-state index contributed by atoms with van der Waals surface area (Å²) in [6.45, 7) is 9.83. The predicted octanol–water partition coefficient (Wildman–Crippen LogP) is 5.62. The van der Waals surface area contributed by atoms with E-state index in [4.69, 9.17) is 4.74 Å². The van der Waals surface area contributed by atoms with E-state index in [-0.39, 0.29) is 12.7 Å². The molecule has 1 heterocycles. The van der Waals surface area contributed by atoms with Crippen molar-refractivity contribution in [3.05, 3.63) is 23.0 Å². The molecule has 168 valence electrons. The molecule has 30 heavy (non-hydrogen) atoms. The molecule has 5 rings (SSSR count). The van der Waals surface area contributed by atoms with Gasteiger partial charge in [-0.1, -0.05) is 32.4 Å². The van der Waals surface area contributed by atoms with E-state index in [0.29, 0.717) is 28.8 Å². The highest BCUT2D eigenvalue weighted by atomic mass is 16.5. The third-order valence-electron chi connectivity index (χ3n) is 10.5. The SMILES string of the molecule is CC1=C(CC[C@@H](C)CO)O[C@H]2C[C@H]3[C@@H]4CC=C5C[C@@H](O)CC[C@]5(C)[C@H]4CC[C@]3(C)[C@@H]12. The minimum atomic E-state index is -0.117. The van der Waals surface area contributed by atoms with Gasteiger partial charge in [0.1, 0.15) is 6.10 Å².